The molecule has 72 valence electrons. The van der Waals surface area contributed by atoms with Crippen LogP contribution in [0.4, 0.5) is 0 Å². The van der Waals surface area contributed by atoms with Crippen molar-refractivity contribution in [3.63, 3.8) is 0 Å². The van der Waals surface area contributed by atoms with E-state index in [4.69, 9.17) is 0 Å². The van der Waals surface area contributed by atoms with Crippen LogP contribution in [-0.2, 0) is 13.1 Å². The predicted octanol–water partition coefficient (Wildman–Crippen LogP) is 2.27. The number of aromatic nitrogens is 2. The van der Waals surface area contributed by atoms with E-state index in [0.717, 1.165) is 24.1 Å². The van der Waals surface area contributed by atoms with Crippen LogP contribution in [-0.4, -0.2) is 21.9 Å². The Morgan fingerprint density at radius 2 is 2.21 bits per heavy atom. The second kappa shape index (κ2) is 2.81. The van der Waals surface area contributed by atoms with Gasteiger partial charge in [0, 0.05) is 17.6 Å². The van der Waals surface area contributed by atoms with Crippen molar-refractivity contribution in [1.82, 2.24) is 14.9 Å². The van der Waals surface area contributed by atoms with E-state index in [9.17, 15) is 0 Å². The quantitative estimate of drug-likeness (QED) is 0.779. The highest BCUT2D eigenvalue weighted by atomic mass is 79.9. The molecular formula is C10H10BrN3. The Morgan fingerprint density at radius 1 is 1.43 bits per heavy atom. The van der Waals surface area contributed by atoms with Crippen LogP contribution in [0, 0.1) is 0 Å². The molecule has 2 aromatic rings. The van der Waals surface area contributed by atoms with Crippen LogP contribution in [0.15, 0.2) is 16.9 Å². The number of hydrogen-bond acceptors (Lipinski definition) is 2. The fourth-order valence-corrected chi connectivity index (χ4v) is 2.69. The van der Waals surface area contributed by atoms with Crippen LogP contribution in [0.1, 0.15) is 11.1 Å². The Bertz CT molecular complexity index is 503. The van der Waals surface area contributed by atoms with Crippen molar-refractivity contribution in [3.05, 3.63) is 28.0 Å². The molecule has 1 aliphatic heterocycles. The van der Waals surface area contributed by atoms with Gasteiger partial charge in [-0.15, -0.1) is 0 Å². The van der Waals surface area contributed by atoms with Crippen LogP contribution in [0.3, 0.4) is 0 Å². The Morgan fingerprint density at radius 3 is 3.07 bits per heavy atom. The zero-order valence-corrected chi connectivity index (χ0v) is 9.43. The SMILES string of the molecule is CN1Cc2c(Br)cc3[nH]cnc3c2C1. The van der Waals surface area contributed by atoms with Gasteiger partial charge in [-0.05, 0) is 24.2 Å². The molecule has 1 aromatic carbocycles. The van der Waals surface area contributed by atoms with Crippen molar-refractivity contribution in [1.29, 1.82) is 0 Å². The van der Waals surface area contributed by atoms with Gasteiger partial charge < -0.3 is 4.98 Å². The molecule has 4 heteroatoms. The van der Waals surface area contributed by atoms with Crippen molar-refractivity contribution in [2.75, 3.05) is 7.05 Å². The number of H-pyrrole nitrogens is 1. The van der Waals surface area contributed by atoms with Gasteiger partial charge in [0.1, 0.15) is 0 Å². The van der Waals surface area contributed by atoms with Crippen LogP contribution in [0.2, 0.25) is 0 Å². The molecule has 0 unspecified atom stereocenters. The smallest absolute Gasteiger partial charge is 0.0932 e. The minimum atomic E-state index is 0.996. The lowest BCUT2D eigenvalue weighted by Crippen LogP contribution is -2.07. The third-order valence-corrected chi connectivity index (χ3v) is 3.44. The van der Waals surface area contributed by atoms with Crippen molar-refractivity contribution >= 4 is 27.0 Å². The number of hydrogen-bond donors (Lipinski definition) is 1. The molecular weight excluding hydrogens is 242 g/mol. The van der Waals surface area contributed by atoms with E-state index in [-0.39, 0.29) is 0 Å². The van der Waals surface area contributed by atoms with Gasteiger partial charge in [-0.25, -0.2) is 4.98 Å². The van der Waals surface area contributed by atoms with E-state index in [1.54, 1.807) is 6.33 Å². The van der Waals surface area contributed by atoms with Gasteiger partial charge >= 0.3 is 0 Å². The van der Waals surface area contributed by atoms with Gasteiger partial charge in [0.05, 0.1) is 17.4 Å². The maximum atomic E-state index is 4.36. The monoisotopic (exact) mass is 251 g/mol. The van der Waals surface area contributed by atoms with Crippen molar-refractivity contribution in [2.45, 2.75) is 13.1 Å². The number of nitrogens with one attached hydrogen (secondary N) is 1. The van der Waals surface area contributed by atoms with Gasteiger partial charge in [0.15, 0.2) is 0 Å². The summed E-state index contributed by atoms with van der Waals surface area (Å²) in [6.45, 7) is 2.01. The minimum Gasteiger partial charge on any atom is -0.345 e. The molecule has 0 fully saturated rings. The first-order valence-electron chi connectivity index (χ1n) is 4.57. The summed E-state index contributed by atoms with van der Waals surface area (Å²) in [5.41, 5.74) is 4.98. The second-order valence-corrected chi connectivity index (χ2v) is 4.64. The number of aromatic amines is 1. The number of halogens is 1. The summed E-state index contributed by atoms with van der Waals surface area (Å²) in [4.78, 5) is 9.80. The number of imidazole rings is 1. The lowest BCUT2D eigenvalue weighted by atomic mass is 10.1. The van der Waals surface area contributed by atoms with E-state index >= 15 is 0 Å². The predicted molar refractivity (Wildman–Crippen MR) is 59.0 cm³/mol. The summed E-state index contributed by atoms with van der Waals surface area (Å²) >= 11 is 3.61. The Balaban J connectivity index is 2.38. The molecule has 0 atom stereocenters. The molecule has 1 aromatic heterocycles. The van der Waals surface area contributed by atoms with E-state index in [1.165, 1.54) is 15.6 Å². The van der Waals surface area contributed by atoms with Crippen LogP contribution < -0.4 is 0 Å². The maximum absolute atomic E-state index is 4.36. The summed E-state index contributed by atoms with van der Waals surface area (Å²) in [6, 6.07) is 2.11. The molecule has 2 heterocycles. The molecule has 0 amide bonds. The molecule has 3 nitrogen and oxygen atoms in total. The lowest BCUT2D eigenvalue weighted by Gasteiger charge is -2.03. The van der Waals surface area contributed by atoms with Crippen molar-refractivity contribution in [2.24, 2.45) is 0 Å². The van der Waals surface area contributed by atoms with Crippen molar-refractivity contribution < 1.29 is 0 Å². The van der Waals surface area contributed by atoms with Crippen LogP contribution >= 0.6 is 15.9 Å². The first kappa shape index (κ1) is 8.44. The summed E-state index contributed by atoms with van der Waals surface area (Å²) in [5.74, 6) is 0. The van der Waals surface area contributed by atoms with E-state index in [2.05, 4.69) is 43.9 Å². The van der Waals surface area contributed by atoms with E-state index in [0.29, 0.717) is 0 Å². The van der Waals surface area contributed by atoms with Gasteiger partial charge in [-0.3, -0.25) is 4.90 Å². The molecule has 0 spiro atoms. The normalized spacial score (nSPS) is 16.4. The third-order valence-electron chi connectivity index (χ3n) is 2.73. The fraction of sp³-hybridized carbons (Fsp3) is 0.300. The average molecular weight is 252 g/mol. The Labute approximate surface area is 90.3 Å². The lowest BCUT2D eigenvalue weighted by molar-refractivity contribution is 0.353. The van der Waals surface area contributed by atoms with Gasteiger partial charge in [0.25, 0.3) is 0 Å². The Kier molecular flexibility index (Phi) is 1.69. The molecule has 1 aliphatic rings. The number of nitrogens with zero attached hydrogens (tertiary/aromatic N) is 2. The molecule has 3 rings (SSSR count). The molecule has 14 heavy (non-hydrogen) atoms. The maximum Gasteiger partial charge on any atom is 0.0932 e. The standard InChI is InChI=1S/C10H10BrN3/c1-14-3-6-7(4-14)10-9(2-8(6)11)12-5-13-10/h2,5H,3-4H2,1H3,(H,12,13). The topological polar surface area (TPSA) is 31.9 Å². The van der Waals surface area contributed by atoms with Crippen LogP contribution in [0.5, 0.6) is 0 Å². The summed E-state index contributed by atoms with van der Waals surface area (Å²) < 4.78 is 1.19. The molecule has 0 aliphatic carbocycles. The minimum absolute atomic E-state index is 0.996. The highest BCUT2D eigenvalue weighted by Gasteiger charge is 2.21. The van der Waals surface area contributed by atoms with Gasteiger partial charge in [-0.2, -0.15) is 0 Å². The molecule has 0 radical (unpaired) electrons. The second-order valence-electron chi connectivity index (χ2n) is 3.79. The van der Waals surface area contributed by atoms with Crippen molar-refractivity contribution in [3.8, 4) is 0 Å². The fourth-order valence-electron chi connectivity index (χ4n) is 2.09. The third kappa shape index (κ3) is 1.04. The molecule has 1 N–H and O–H groups in total. The highest BCUT2D eigenvalue weighted by molar-refractivity contribution is 9.10. The van der Waals surface area contributed by atoms with Gasteiger partial charge in [-0.1, -0.05) is 15.9 Å². The highest BCUT2D eigenvalue weighted by Crippen LogP contribution is 2.33. The molecule has 0 bridgehead atoms. The molecule has 0 saturated carbocycles. The summed E-state index contributed by atoms with van der Waals surface area (Å²) in [6.07, 6.45) is 1.76. The number of fused-ring (bicyclic) bond motifs is 3. The largest absolute Gasteiger partial charge is 0.345 e. The van der Waals surface area contributed by atoms with Gasteiger partial charge in [0.2, 0.25) is 0 Å². The number of benzene rings is 1. The zero-order chi connectivity index (χ0) is 9.71. The first-order chi connectivity index (χ1) is 6.75. The van der Waals surface area contributed by atoms with E-state index in [1.807, 2.05) is 0 Å². The van der Waals surface area contributed by atoms with E-state index < -0.39 is 0 Å². The van der Waals surface area contributed by atoms with Crippen LogP contribution in [0.25, 0.3) is 11.0 Å². The zero-order valence-electron chi connectivity index (χ0n) is 7.84. The first-order valence-corrected chi connectivity index (χ1v) is 5.37. The average Bonchev–Trinajstić information content (AvgIpc) is 2.69. The number of rotatable bonds is 0. The summed E-state index contributed by atoms with van der Waals surface area (Å²) in [7, 11) is 2.13. The molecule has 0 saturated heterocycles. The summed E-state index contributed by atoms with van der Waals surface area (Å²) in [5, 5.41) is 0. The Hall–Kier alpha value is -0.870.